The molecule has 0 unspecified atom stereocenters. The molecule has 8 nitrogen and oxygen atoms in total. The first-order chi connectivity index (χ1) is 11.9. The maximum Gasteiger partial charge on any atom is 0.331 e. The number of nitrogens with one attached hydrogen (secondary N) is 1. The highest BCUT2D eigenvalue weighted by Crippen LogP contribution is 2.31. The predicted molar refractivity (Wildman–Crippen MR) is 88.9 cm³/mol. The number of amides is 3. The summed E-state index contributed by atoms with van der Waals surface area (Å²) in [6.45, 7) is 4.33. The molecule has 1 aromatic rings. The van der Waals surface area contributed by atoms with Crippen LogP contribution in [0.15, 0.2) is 24.3 Å². The molecule has 2 rings (SSSR count). The van der Waals surface area contributed by atoms with E-state index in [1.54, 1.807) is 32.0 Å². The summed E-state index contributed by atoms with van der Waals surface area (Å²) >= 11 is 0. The van der Waals surface area contributed by atoms with Gasteiger partial charge in [0, 0.05) is 6.08 Å². The fourth-order valence-electron chi connectivity index (χ4n) is 2.18. The van der Waals surface area contributed by atoms with Gasteiger partial charge in [-0.2, -0.15) is 0 Å². The van der Waals surface area contributed by atoms with Gasteiger partial charge in [-0.1, -0.05) is 19.9 Å². The van der Waals surface area contributed by atoms with Crippen LogP contribution < -0.4 is 20.5 Å². The summed E-state index contributed by atoms with van der Waals surface area (Å²) in [5, 5.41) is 1.91. The van der Waals surface area contributed by atoms with Crippen molar-refractivity contribution in [3.05, 3.63) is 29.8 Å². The summed E-state index contributed by atoms with van der Waals surface area (Å²) in [5.41, 5.74) is 5.62. The van der Waals surface area contributed by atoms with Crippen LogP contribution in [0.1, 0.15) is 19.4 Å². The van der Waals surface area contributed by atoms with Gasteiger partial charge in [-0.05, 0) is 29.7 Å². The number of fused-ring (bicyclic) bond motifs is 1. The molecule has 8 heteroatoms. The maximum atomic E-state index is 11.9. The molecule has 0 bridgehead atoms. The molecule has 0 aliphatic carbocycles. The molecule has 25 heavy (non-hydrogen) atoms. The minimum atomic E-state index is -1.12. The fraction of sp³-hybridized carbons (Fsp3) is 0.353. The third kappa shape index (κ3) is 5.23. The van der Waals surface area contributed by atoms with Gasteiger partial charge < -0.3 is 19.9 Å². The molecule has 0 spiro atoms. The second-order valence-corrected chi connectivity index (χ2v) is 5.69. The van der Waals surface area contributed by atoms with E-state index in [9.17, 15) is 14.4 Å². The van der Waals surface area contributed by atoms with E-state index in [2.05, 4.69) is 0 Å². The van der Waals surface area contributed by atoms with E-state index in [0.29, 0.717) is 30.3 Å². The summed E-state index contributed by atoms with van der Waals surface area (Å²) in [7, 11) is 0. The molecule has 0 radical (unpaired) electrons. The average Bonchev–Trinajstić information content (AvgIpc) is 2.56. The molecule has 1 atom stereocenters. The van der Waals surface area contributed by atoms with Crippen LogP contribution in [0.4, 0.5) is 4.79 Å². The normalized spacial score (nSPS) is 14.2. The Morgan fingerprint density at radius 3 is 2.52 bits per heavy atom. The van der Waals surface area contributed by atoms with E-state index in [0.717, 1.165) is 0 Å². The fourth-order valence-corrected chi connectivity index (χ4v) is 2.18. The highest BCUT2D eigenvalue weighted by Gasteiger charge is 2.26. The van der Waals surface area contributed by atoms with Crippen LogP contribution >= 0.6 is 0 Å². The predicted octanol–water partition coefficient (Wildman–Crippen LogP) is 1.23. The molecule has 0 saturated heterocycles. The average molecular weight is 348 g/mol. The number of nitrogens with two attached hydrogens (primary N) is 1. The lowest BCUT2D eigenvalue weighted by molar-refractivity contribution is -0.153. The van der Waals surface area contributed by atoms with Crippen molar-refractivity contribution in [2.24, 2.45) is 11.7 Å². The van der Waals surface area contributed by atoms with E-state index in [4.69, 9.17) is 19.9 Å². The second kappa shape index (κ2) is 8.18. The van der Waals surface area contributed by atoms with Crippen LogP contribution in [-0.2, 0) is 14.3 Å². The highest BCUT2D eigenvalue weighted by molar-refractivity contribution is 5.97. The van der Waals surface area contributed by atoms with Gasteiger partial charge >= 0.3 is 12.0 Å². The number of benzene rings is 1. The van der Waals surface area contributed by atoms with Crippen molar-refractivity contribution in [3.8, 4) is 11.5 Å². The maximum absolute atomic E-state index is 11.9. The van der Waals surface area contributed by atoms with Crippen molar-refractivity contribution >= 4 is 24.0 Å². The molecule has 1 aliphatic heterocycles. The van der Waals surface area contributed by atoms with Crippen molar-refractivity contribution in [1.29, 1.82) is 0 Å². The van der Waals surface area contributed by atoms with E-state index >= 15 is 0 Å². The first kappa shape index (κ1) is 18.3. The first-order valence-corrected chi connectivity index (χ1v) is 7.75. The Morgan fingerprint density at radius 2 is 1.88 bits per heavy atom. The lowest BCUT2D eigenvalue weighted by Gasteiger charge is -2.19. The van der Waals surface area contributed by atoms with E-state index < -0.39 is 24.0 Å². The van der Waals surface area contributed by atoms with Gasteiger partial charge in [0.1, 0.15) is 13.2 Å². The van der Waals surface area contributed by atoms with Gasteiger partial charge in [-0.15, -0.1) is 0 Å². The number of carbonyl (C=O) groups is 3. The van der Waals surface area contributed by atoms with Crippen molar-refractivity contribution in [2.75, 3.05) is 13.2 Å². The van der Waals surface area contributed by atoms with Crippen molar-refractivity contribution in [1.82, 2.24) is 5.32 Å². The Bertz CT molecular complexity index is 698. The van der Waals surface area contributed by atoms with E-state index in [1.165, 1.54) is 12.2 Å². The molecule has 1 aromatic carbocycles. The minimum absolute atomic E-state index is 0.328. The van der Waals surface area contributed by atoms with Crippen LogP contribution in [0.2, 0.25) is 0 Å². The zero-order chi connectivity index (χ0) is 18.4. The lowest BCUT2D eigenvalue weighted by Crippen LogP contribution is -2.45. The van der Waals surface area contributed by atoms with Crippen LogP contribution in [0, 0.1) is 5.92 Å². The van der Waals surface area contributed by atoms with Gasteiger partial charge in [-0.25, -0.2) is 9.59 Å². The van der Waals surface area contributed by atoms with Crippen molar-refractivity contribution in [3.63, 3.8) is 0 Å². The summed E-state index contributed by atoms with van der Waals surface area (Å²) in [6, 6.07) is 4.24. The molecule has 3 amide bonds. The smallest absolute Gasteiger partial charge is 0.331 e. The van der Waals surface area contributed by atoms with Crippen LogP contribution in [0.3, 0.4) is 0 Å². The third-order valence-electron chi connectivity index (χ3n) is 3.33. The molecule has 0 aromatic heterocycles. The number of imide groups is 1. The summed E-state index contributed by atoms with van der Waals surface area (Å²) < 4.78 is 16.0. The van der Waals surface area contributed by atoms with Crippen LogP contribution in [0.25, 0.3) is 6.08 Å². The van der Waals surface area contributed by atoms with Crippen molar-refractivity contribution in [2.45, 2.75) is 20.0 Å². The third-order valence-corrected chi connectivity index (χ3v) is 3.33. The second-order valence-electron chi connectivity index (χ2n) is 5.69. The highest BCUT2D eigenvalue weighted by atomic mass is 16.6. The first-order valence-electron chi connectivity index (χ1n) is 7.75. The molecule has 134 valence electrons. The van der Waals surface area contributed by atoms with Gasteiger partial charge in [0.15, 0.2) is 17.6 Å². The minimum Gasteiger partial charge on any atom is -0.486 e. The Balaban J connectivity index is 2.01. The molecule has 0 fully saturated rings. The summed E-state index contributed by atoms with van der Waals surface area (Å²) in [5.74, 6) is -0.556. The molecule has 1 heterocycles. The SMILES string of the molecule is CC(C)[C@@H](OC(=O)/C=C/c1ccc2c(c1)OCCO2)C(=O)NC(N)=O. The number of carbonyl (C=O) groups excluding carboxylic acids is 3. The molecule has 1 aliphatic rings. The largest absolute Gasteiger partial charge is 0.486 e. The van der Waals surface area contributed by atoms with Crippen LogP contribution in [-0.4, -0.2) is 37.2 Å². The number of esters is 1. The number of ether oxygens (including phenoxy) is 3. The summed E-state index contributed by atoms with van der Waals surface area (Å²) in [4.78, 5) is 34.5. The van der Waals surface area contributed by atoms with Crippen LogP contribution in [0.5, 0.6) is 11.5 Å². The molecule has 3 N–H and O–H groups in total. The number of urea groups is 1. The molecular formula is C17H20N2O6. The zero-order valence-electron chi connectivity index (χ0n) is 14.0. The van der Waals surface area contributed by atoms with Gasteiger partial charge in [0.25, 0.3) is 5.91 Å². The van der Waals surface area contributed by atoms with Crippen molar-refractivity contribution < 1.29 is 28.6 Å². The number of rotatable bonds is 5. The van der Waals surface area contributed by atoms with E-state index in [-0.39, 0.29) is 5.92 Å². The number of hydrogen-bond donors (Lipinski definition) is 2. The van der Waals surface area contributed by atoms with Gasteiger partial charge in [0.2, 0.25) is 0 Å². The Labute approximate surface area is 144 Å². The topological polar surface area (TPSA) is 117 Å². The number of primary amides is 1. The Morgan fingerprint density at radius 1 is 1.20 bits per heavy atom. The Kier molecular flexibility index (Phi) is 5.99. The zero-order valence-corrected chi connectivity index (χ0v) is 14.0. The summed E-state index contributed by atoms with van der Waals surface area (Å²) in [6.07, 6.45) is 1.60. The van der Waals surface area contributed by atoms with Gasteiger partial charge in [-0.3, -0.25) is 10.1 Å². The van der Waals surface area contributed by atoms with Gasteiger partial charge in [0.05, 0.1) is 0 Å². The Hall–Kier alpha value is -3.03. The molecular weight excluding hydrogens is 328 g/mol. The quantitative estimate of drug-likeness (QED) is 0.611. The monoisotopic (exact) mass is 348 g/mol. The molecule has 0 saturated carbocycles. The lowest BCUT2D eigenvalue weighted by atomic mass is 10.1. The van der Waals surface area contributed by atoms with E-state index in [1.807, 2.05) is 5.32 Å². The number of hydrogen-bond acceptors (Lipinski definition) is 6. The standard InChI is InChI=1S/C17H20N2O6/c1-10(2)15(16(21)19-17(18)22)25-14(20)6-4-11-3-5-12-13(9-11)24-8-7-23-12/h3-6,9-10,15H,7-8H2,1-2H3,(H3,18,19,21,22)/b6-4+/t15-/m1/s1.